The van der Waals surface area contributed by atoms with Gasteiger partial charge in [0.05, 0.1) is 6.54 Å². The van der Waals surface area contributed by atoms with Crippen molar-refractivity contribution < 1.29 is 9.32 Å². The summed E-state index contributed by atoms with van der Waals surface area (Å²) < 4.78 is 6.50. The van der Waals surface area contributed by atoms with E-state index >= 15 is 0 Å². The summed E-state index contributed by atoms with van der Waals surface area (Å²) in [5.41, 5.74) is 0.560. The highest BCUT2D eigenvalue weighted by molar-refractivity contribution is 5.93. The average molecular weight is 315 g/mol. The quantitative estimate of drug-likeness (QED) is 0.847. The van der Waals surface area contributed by atoms with Gasteiger partial charge in [-0.3, -0.25) is 9.59 Å². The van der Waals surface area contributed by atoms with Crippen LogP contribution in [-0.4, -0.2) is 33.6 Å². The Morgan fingerprint density at radius 1 is 1.52 bits per heavy atom. The molecule has 1 fully saturated rings. The van der Waals surface area contributed by atoms with Gasteiger partial charge in [-0.2, -0.15) is 0 Å². The first kappa shape index (κ1) is 15.5. The normalized spacial score (nSPS) is 15.4. The van der Waals surface area contributed by atoms with Crippen molar-refractivity contribution in [2.75, 3.05) is 7.05 Å². The average Bonchev–Trinajstić information content (AvgIpc) is 3.30. The second kappa shape index (κ2) is 6.02. The summed E-state index contributed by atoms with van der Waals surface area (Å²) in [5, 5.41) is 3.89. The largest absolute Gasteiger partial charge is 0.361 e. The Balaban J connectivity index is 1.84. The Morgan fingerprint density at radius 2 is 2.26 bits per heavy atom. The van der Waals surface area contributed by atoms with Crippen LogP contribution in [0.15, 0.2) is 33.7 Å². The van der Waals surface area contributed by atoms with Crippen molar-refractivity contribution in [3.8, 4) is 0 Å². The molecule has 0 bridgehead atoms. The maximum atomic E-state index is 12.6. The molecule has 2 heterocycles. The summed E-state index contributed by atoms with van der Waals surface area (Å²) in [7, 11) is 1.77. The molecule has 23 heavy (non-hydrogen) atoms. The molecule has 0 aromatic carbocycles. The molecule has 1 aliphatic rings. The van der Waals surface area contributed by atoms with Gasteiger partial charge in [-0.05, 0) is 44.7 Å². The molecule has 0 spiro atoms. The number of rotatable bonds is 5. The van der Waals surface area contributed by atoms with Crippen molar-refractivity contribution in [3.05, 3.63) is 51.8 Å². The van der Waals surface area contributed by atoms with Crippen LogP contribution in [0.25, 0.3) is 0 Å². The molecule has 0 unspecified atom stereocenters. The van der Waals surface area contributed by atoms with Crippen LogP contribution < -0.4 is 5.56 Å². The van der Waals surface area contributed by atoms with E-state index in [4.69, 9.17) is 4.52 Å². The fraction of sp³-hybridized carbons (Fsp3) is 0.471. The van der Waals surface area contributed by atoms with Gasteiger partial charge in [0.1, 0.15) is 17.0 Å². The number of hydrogen-bond donors (Lipinski definition) is 0. The van der Waals surface area contributed by atoms with Gasteiger partial charge in [0.25, 0.3) is 11.5 Å². The Kier molecular flexibility index (Phi) is 4.07. The van der Waals surface area contributed by atoms with E-state index in [1.165, 1.54) is 4.57 Å². The van der Waals surface area contributed by atoms with Crippen LogP contribution in [0.1, 0.15) is 41.6 Å². The van der Waals surface area contributed by atoms with Gasteiger partial charge in [0, 0.05) is 25.4 Å². The van der Waals surface area contributed by atoms with Crippen molar-refractivity contribution in [2.45, 2.75) is 39.3 Å². The second-order valence-electron chi connectivity index (χ2n) is 6.28. The molecule has 1 saturated carbocycles. The third kappa shape index (κ3) is 3.21. The number of amides is 1. The van der Waals surface area contributed by atoms with Gasteiger partial charge in [0.15, 0.2) is 0 Å². The van der Waals surface area contributed by atoms with Gasteiger partial charge in [-0.15, -0.1) is 0 Å². The zero-order chi connectivity index (χ0) is 16.6. The van der Waals surface area contributed by atoms with E-state index in [-0.39, 0.29) is 23.1 Å². The van der Waals surface area contributed by atoms with Crippen LogP contribution >= 0.6 is 0 Å². The molecular weight excluding hydrogens is 294 g/mol. The van der Waals surface area contributed by atoms with E-state index in [0.29, 0.717) is 23.9 Å². The topological polar surface area (TPSA) is 68.3 Å². The minimum absolute atomic E-state index is 0.161. The molecule has 0 aliphatic heterocycles. The molecule has 6 heteroatoms. The van der Waals surface area contributed by atoms with Crippen molar-refractivity contribution in [1.82, 2.24) is 14.6 Å². The number of hydrogen-bond acceptors (Lipinski definition) is 4. The number of carbonyl (C=O) groups excluding carboxylic acids is 1. The van der Waals surface area contributed by atoms with Crippen LogP contribution in [0.5, 0.6) is 0 Å². The maximum Gasteiger partial charge on any atom is 0.263 e. The zero-order valence-corrected chi connectivity index (χ0v) is 13.7. The summed E-state index contributed by atoms with van der Waals surface area (Å²) in [6, 6.07) is 5.25. The van der Waals surface area contributed by atoms with Crippen LogP contribution in [0.3, 0.4) is 0 Å². The van der Waals surface area contributed by atoms with E-state index in [2.05, 4.69) is 5.16 Å². The molecule has 1 amide bonds. The minimum atomic E-state index is -0.298. The van der Waals surface area contributed by atoms with Crippen LogP contribution in [-0.2, 0) is 6.54 Å². The summed E-state index contributed by atoms with van der Waals surface area (Å²) in [4.78, 5) is 26.9. The van der Waals surface area contributed by atoms with Gasteiger partial charge >= 0.3 is 0 Å². The third-order valence-corrected chi connectivity index (χ3v) is 4.50. The molecule has 122 valence electrons. The molecule has 3 rings (SSSR count). The SMILES string of the molecule is Cc1cc(Cn2cccc(C(=O)N(C)[C@@H](C)C3CC3)c2=O)no1. The van der Waals surface area contributed by atoms with Crippen molar-refractivity contribution >= 4 is 5.91 Å². The molecule has 0 N–H and O–H groups in total. The first-order valence-corrected chi connectivity index (χ1v) is 7.86. The molecule has 1 atom stereocenters. The van der Waals surface area contributed by atoms with Crippen molar-refractivity contribution in [2.24, 2.45) is 5.92 Å². The monoisotopic (exact) mass is 315 g/mol. The lowest BCUT2D eigenvalue weighted by molar-refractivity contribution is 0.0725. The highest BCUT2D eigenvalue weighted by atomic mass is 16.5. The minimum Gasteiger partial charge on any atom is -0.361 e. The predicted octanol–water partition coefficient (Wildman–Crippen LogP) is 2.06. The van der Waals surface area contributed by atoms with Gasteiger partial charge < -0.3 is 14.0 Å². The van der Waals surface area contributed by atoms with Crippen molar-refractivity contribution in [1.29, 1.82) is 0 Å². The van der Waals surface area contributed by atoms with Crippen LogP contribution in [0.4, 0.5) is 0 Å². The fourth-order valence-corrected chi connectivity index (χ4v) is 2.76. The smallest absolute Gasteiger partial charge is 0.263 e. The molecule has 2 aromatic heterocycles. The Labute approximate surface area is 134 Å². The number of carbonyl (C=O) groups is 1. The highest BCUT2D eigenvalue weighted by Crippen LogP contribution is 2.34. The van der Waals surface area contributed by atoms with Crippen molar-refractivity contribution in [3.63, 3.8) is 0 Å². The Bertz CT molecular complexity index is 773. The molecule has 1 aliphatic carbocycles. The number of pyridine rings is 1. The highest BCUT2D eigenvalue weighted by Gasteiger charge is 2.33. The summed E-state index contributed by atoms with van der Waals surface area (Å²) in [6.07, 6.45) is 3.97. The first-order valence-electron chi connectivity index (χ1n) is 7.86. The zero-order valence-electron chi connectivity index (χ0n) is 13.7. The fourth-order valence-electron chi connectivity index (χ4n) is 2.76. The molecule has 2 aromatic rings. The van der Waals surface area contributed by atoms with E-state index in [1.54, 1.807) is 43.3 Å². The predicted molar refractivity (Wildman–Crippen MR) is 85.3 cm³/mol. The van der Waals surface area contributed by atoms with Gasteiger partial charge in [0.2, 0.25) is 0 Å². The van der Waals surface area contributed by atoms with Gasteiger partial charge in [-0.1, -0.05) is 5.16 Å². The summed E-state index contributed by atoms with van der Waals surface area (Å²) in [6.45, 7) is 4.13. The molecule has 0 saturated heterocycles. The second-order valence-corrected chi connectivity index (χ2v) is 6.28. The summed E-state index contributed by atoms with van der Waals surface area (Å²) in [5.74, 6) is 1.03. The summed E-state index contributed by atoms with van der Waals surface area (Å²) >= 11 is 0. The molecule has 6 nitrogen and oxygen atoms in total. The maximum absolute atomic E-state index is 12.6. The lowest BCUT2D eigenvalue weighted by Crippen LogP contribution is -2.40. The number of nitrogens with zero attached hydrogens (tertiary/aromatic N) is 3. The number of aryl methyl sites for hydroxylation is 1. The Hall–Kier alpha value is -2.37. The molecule has 0 radical (unpaired) electrons. The van der Waals surface area contributed by atoms with Gasteiger partial charge in [-0.25, -0.2) is 0 Å². The third-order valence-electron chi connectivity index (χ3n) is 4.50. The van der Waals surface area contributed by atoms with E-state index in [9.17, 15) is 9.59 Å². The first-order chi connectivity index (χ1) is 11.0. The molecular formula is C17H21N3O3. The van der Waals surface area contributed by atoms with E-state index in [0.717, 1.165) is 12.8 Å². The lowest BCUT2D eigenvalue weighted by Gasteiger charge is -2.24. The lowest BCUT2D eigenvalue weighted by atomic mass is 10.1. The van der Waals surface area contributed by atoms with Crippen LogP contribution in [0.2, 0.25) is 0 Å². The Morgan fingerprint density at radius 3 is 2.87 bits per heavy atom. The number of aromatic nitrogens is 2. The standard InChI is InChI=1S/C17H21N3O3/c1-11-9-14(18-23-11)10-20-8-4-5-15(17(20)22)16(21)19(3)12(2)13-6-7-13/h4-5,8-9,12-13H,6-7,10H2,1-3H3/t12-/m0/s1. The van der Waals surface area contributed by atoms with E-state index in [1.807, 2.05) is 6.92 Å². The van der Waals surface area contributed by atoms with E-state index < -0.39 is 0 Å². The van der Waals surface area contributed by atoms with Crippen LogP contribution in [0, 0.1) is 12.8 Å².